The van der Waals surface area contributed by atoms with Crippen LogP contribution in [0.5, 0.6) is 0 Å². The van der Waals surface area contributed by atoms with E-state index in [9.17, 15) is 9.59 Å². The molecule has 0 atom stereocenters. The van der Waals surface area contributed by atoms with Gasteiger partial charge in [0, 0.05) is 13.3 Å². The summed E-state index contributed by atoms with van der Waals surface area (Å²) in [6.45, 7) is 4.45. The van der Waals surface area contributed by atoms with Crippen molar-refractivity contribution < 1.29 is 23.5 Å². The van der Waals surface area contributed by atoms with Crippen molar-refractivity contribution in [3.05, 3.63) is 36.3 Å². The molecule has 0 aliphatic rings. The van der Waals surface area contributed by atoms with E-state index in [1.807, 2.05) is 0 Å². The van der Waals surface area contributed by atoms with Gasteiger partial charge in [-0.2, -0.15) is 0 Å². The Kier molecular flexibility index (Phi) is 5.00. The lowest BCUT2D eigenvalue weighted by atomic mass is 10.3. The van der Waals surface area contributed by atoms with E-state index < -0.39 is 11.9 Å². The predicted octanol–water partition coefficient (Wildman–Crippen LogP) is 1.61. The molecule has 0 amide bonds. The second-order valence-electron chi connectivity index (χ2n) is 3.31. The molecule has 0 spiro atoms. The van der Waals surface area contributed by atoms with Crippen molar-refractivity contribution >= 4 is 11.9 Å². The lowest BCUT2D eigenvalue weighted by Gasteiger charge is -2.02. The Labute approximate surface area is 99.0 Å². The third-order valence-corrected chi connectivity index (χ3v) is 1.86. The Morgan fingerprint density at radius 2 is 2.06 bits per heavy atom. The van der Waals surface area contributed by atoms with Crippen molar-refractivity contribution in [2.24, 2.45) is 0 Å². The number of furan rings is 1. The average Bonchev–Trinajstić information content (AvgIpc) is 2.65. The maximum absolute atomic E-state index is 11.3. The number of carbonyl (C=O) groups is 2. The molecule has 0 bridgehead atoms. The first kappa shape index (κ1) is 13.0. The molecule has 0 aliphatic heterocycles. The van der Waals surface area contributed by atoms with Gasteiger partial charge in [-0.3, -0.25) is 9.59 Å². The highest BCUT2D eigenvalue weighted by atomic mass is 16.7. The molecule has 0 fully saturated rings. The summed E-state index contributed by atoms with van der Waals surface area (Å²) in [5.41, 5.74) is 0. The molecule has 1 rings (SSSR count). The van der Waals surface area contributed by atoms with Gasteiger partial charge in [0.05, 0.1) is 0 Å². The van der Waals surface area contributed by atoms with E-state index in [0.717, 1.165) is 5.76 Å². The van der Waals surface area contributed by atoms with Crippen molar-refractivity contribution in [2.45, 2.75) is 19.8 Å². The highest BCUT2D eigenvalue weighted by Gasteiger charge is 2.09. The van der Waals surface area contributed by atoms with Crippen LogP contribution in [0.4, 0.5) is 0 Å². The monoisotopic (exact) mass is 238 g/mol. The van der Waals surface area contributed by atoms with Gasteiger partial charge in [0.15, 0.2) is 0 Å². The summed E-state index contributed by atoms with van der Waals surface area (Å²) in [6, 6.07) is 3.47. The number of hydrogen-bond donors (Lipinski definition) is 0. The fourth-order valence-electron chi connectivity index (χ4n) is 1.14. The Morgan fingerprint density at radius 1 is 1.35 bits per heavy atom. The second-order valence-corrected chi connectivity index (χ2v) is 3.31. The van der Waals surface area contributed by atoms with Crippen LogP contribution in [-0.4, -0.2) is 18.7 Å². The van der Waals surface area contributed by atoms with Gasteiger partial charge in [0.25, 0.3) is 0 Å². The Hall–Kier alpha value is -2.04. The van der Waals surface area contributed by atoms with Gasteiger partial charge in [-0.1, -0.05) is 6.08 Å². The first-order valence-corrected chi connectivity index (χ1v) is 5.09. The van der Waals surface area contributed by atoms with Gasteiger partial charge in [-0.05, 0) is 12.1 Å². The average molecular weight is 238 g/mol. The van der Waals surface area contributed by atoms with Crippen molar-refractivity contribution in [3.63, 3.8) is 0 Å². The fraction of sp³-hybridized carbons (Fsp3) is 0.333. The quantitative estimate of drug-likeness (QED) is 0.428. The summed E-state index contributed by atoms with van der Waals surface area (Å²) >= 11 is 0. The highest BCUT2D eigenvalue weighted by molar-refractivity contribution is 5.72. The third kappa shape index (κ3) is 5.01. The van der Waals surface area contributed by atoms with Gasteiger partial charge in [0.1, 0.15) is 17.9 Å². The summed E-state index contributed by atoms with van der Waals surface area (Å²) in [5.74, 6) is 0.243. The van der Waals surface area contributed by atoms with Crippen molar-refractivity contribution in [2.75, 3.05) is 6.79 Å². The van der Waals surface area contributed by atoms with Gasteiger partial charge >= 0.3 is 11.9 Å². The normalized spacial score (nSPS) is 9.71. The summed E-state index contributed by atoms with van der Waals surface area (Å²) in [5, 5.41) is 0. The van der Waals surface area contributed by atoms with Crippen LogP contribution >= 0.6 is 0 Å². The fourth-order valence-corrected chi connectivity index (χ4v) is 1.14. The maximum Gasteiger partial charge on any atom is 0.316 e. The van der Waals surface area contributed by atoms with Crippen LogP contribution in [0.3, 0.4) is 0 Å². The Morgan fingerprint density at radius 3 is 2.71 bits per heavy atom. The number of ether oxygens (including phenoxy) is 2. The zero-order valence-electron chi connectivity index (χ0n) is 9.60. The topological polar surface area (TPSA) is 65.7 Å². The van der Waals surface area contributed by atoms with Gasteiger partial charge in [-0.15, -0.1) is 6.58 Å². The minimum atomic E-state index is -0.509. The summed E-state index contributed by atoms with van der Waals surface area (Å²) in [7, 11) is 0. The lowest BCUT2D eigenvalue weighted by molar-refractivity contribution is -0.165. The molecule has 0 radical (unpaired) electrons. The van der Waals surface area contributed by atoms with Crippen LogP contribution in [0.25, 0.3) is 0 Å². The molecule has 0 N–H and O–H groups in total. The molecule has 0 aliphatic carbocycles. The minimum absolute atomic E-state index is 0.0123. The summed E-state index contributed by atoms with van der Waals surface area (Å²) < 4.78 is 14.5. The molecule has 0 saturated heterocycles. The third-order valence-electron chi connectivity index (χ3n) is 1.86. The SMILES string of the molecule is C=CCc1ccc(CC(=O)OCOC(C)=O)o1. The van der Waals surface area contributed by atoms with Crippen LogP contribution in [0.2, 0.25) is 0 Å². The lowest BCUT2D eigenvalue weighted by Crippen LogP contribution is -2.12. The Balaban J connectivity index is 2.34. The zero-order valence-corrected chi connectivity index (χ0v) is 9.60. The van der Waals surface area contributed by atoms with Gasteiger partial charge in [0.2, 0.25) is 6.79 Å². The summed E-state index contributed by atoms with van der Waals surface area (Å²) in [6.07, 6.45) is 2.34. The van der Waals surface area contributed by atoms with E-state index in [2.05, 4.69) is 16.1 Å². The smallest absolute Gasteiger partial charge is 0.316 e. The number of carbonyl (C=O) groups excluding carboxylic acids is 2. The molecule has 17 heavy (non-hydrogen) atoms. The van der Waals surface area contributed by atoms with Gasteiger partial charge < -0.3 is 13.9 Å². The number of hydrogen-bond acceptors (Lipinski definition) is 5. The Bertz CT molecular complexity index is 405. The van der Waals surface area contributed by atoms with Crippen LogP contribution in [-0.2, 0) is 31.9 Å². The van der Waals surface area contributed by atoms with Crippen LogP contribution in [0.15, 0.2) is 29.2 Å². The molecular weight excluding hydrogens is 224 g/mol. The predicted molar refractivity (Wildman–Crippen MR) is 59.0 cm³/mol. The molecule has 92 valence electrons. The minimum Gasteiger partial charge on any atom is -0.465 e. The summed E-state index contributed by atoms with van der Waals surface area (Å²) in [4.78, 5) is 21.7. The maximum atomic E-state index is 11.3. The van der Waals surface area contributed by atoms with Crippen LogP contribution < -0.4 is 0 Å². The van der Waals surface area contributed by atoms with E-state index in [4.69, 9.17) is 4.42 Å². The van der Waals surface area contributed by atoms with Gasteiger partial charge in [-0.25, -0.2) is 0 Å². The number of allylic oxidation sites excluding steroid dienone is 1. The largest absolute Gasteiger partial charge is 0.465 e. The number of esters is 2. The van der Waals surface area contributed by atoms with E-state index in [1.165, 1.54) is 6.92 Å². The van der Waals surface area contributed by atoms with Crippen LogP contribution in [0.1, 0.15) is 18.4 Å². The van der Waals surface area contributed by atoms with Crippen molar-refractivity contribution in [3.8, 4) is 0 Å². The highest BCUT2D eigenvalue weighted by Crippen LogP contribution is 2.10. The molecule has 0 aromatic carbocycles. The first-order valence-electron chi connectivity index (χ1n) is 5.09. The molecule has 1 aromatic heterocycles. The molecule has 5 nitrogen and oxygen atoms in total. The van der Waals surface area contributed by atoms with E-state index in [0.29, 0.717) is 12.2 Å². The molecule has 0 saturated carbocycles. The zero-order chi connectivity index (χ0) is 12.7. The standard InChI is InChI=1S/C12H14O5/c1-3-4-10-5-6-11(17-10)7-12(14)16-8-15-9(2)13/h3,5-6H,1,4,7-8H2,2H3. The van der Waals surface area contributed by atoms with Crippen molar-refractivity contribution in [1.29, 1.82) is 0 Å². The second kappa shape index (κ2) is 6.52. The molecule has 0 unspecified atom stereocenters. The molecule has 1 aromatic rings. The first-order chi connectivity index (χ1) is 8.11. The van der Waals surface area contributed by atoms with Crippen molar-refractivity contribution in [1.82, 2.24) is 0 Å². The van der Waals surface area contributed by atoms with E-state index >= 15 is 0 Å². The molecular formula is C12H14O5. The molecule has 5 heteroatoms. The number of rotatable bonds is 6. The van der Waals surface area contributed by atoms with E-state index in [-0.39, 0.29) is 13.2 Å². The van der Waals surface area contributed by atoms with Crippen LogP contribution in [0, 0.1) is 0 Å². The van der Waals surface area contributed by atoms with E-state index in [1.54, 1.807) is 18.2 Å². The molecule has 1 heterocycles.